The molecule has 0 aliphatic heterocycles. The zero-order valence-corrected chi connectivity index (χ0v) is 11.7. The van der Waals surface area contributed by atoms with Crippen LogP contribution < -0.4 is 0 Å². The van der Waals surface area contributed by atoms with Gasteiger partial charge in [-0.15, -0.1) is 0 Å². The molecule has 0 saturated heterocycles. The highest BCUT2D eigenvalue weighted by molar-refractivity contribution is 9.10. The van der Waals surface area contributed by atoms with Crippen molar-refractivity contribution in [2.75, 3.05) is 6.61 Å². The number of hydrogen-bond donors (Lipinski definition) is 0. The van der Waals surface area contributed by atoms with E-state index in [-0.39, 0.29) is 13.4 Å². The van der Waals surface area contributed by atoms with Gasteiger partial charge in [0.05, 0.1) is 6.61 Å². The summed E-state index contributed by atoms with van der Waals surface area (Å²) in [6.07, 6.45) is 1.43. The van der Waals surface area contributed by atoms with Gasteiger partial charge in [-0.05, 0) is 25.1 Å². The van der Waals surface area contributed by atoms with Gasteiger partial charge in [-0.3, -0.25) is 0 Å². The van der Waals surface area contributed by atoms with E-state index < -0.39 is 0 Å². The van der Waals surface area contributed by atoms with Crippen molar-refractivity contribution in [1.82, 2.24) is 0 Å². The van der Waals surface area contributed by atoms with E-state index in [1.807, 2.05) is 32.0 Å². The number of fused-ring (bicyclic) bond motifs is 1. The summed E-state index contributed by atoms with van der Waals surface area (Å²) in [5.41, 5.74) is 1.15. The summed E-state index contributed by atoms with van der Waals surface area (Å²) >= 11 is 3.33. The normalized spacial score (nSPS) is 9.11. The van der Waals surface area contributed by atoms with Crippen molar-refractivity contribution in [1.29, 1.82) is 0 Å². The summed E-state index contributed by atoms with van der Waals surface area (Å²) < 4.78 is 11.1. The smallest absolute Gasteiger partial charge is 0.342 e. The van der Waals surface area contributed by atoms with Crippen LogP contribution in [0.25, 0.3) is 11.0 Å². The van der Waals surface area contributed by atoms with Gasteiger partial charge in [-0.1, -0.05) is 37.2 Å². The highest BCUT2D eigenvalue weighted by Gasteiger charge is 2.14. The number of carbonyl (C=O) groups excluding carboxylic acids is 1. The van der Waals surface area contributed by atoms with E-state index in [2.05, 4.69) is 15.9 Å². The standard InChI is InChI=1S/C11H9BrO3.C2H6.CH4/c1-2-14-11(13)9-6-15-10-5-7(12)3-4-8(9)10;1-2;/h3-6H,2H2,1H3;1-2H3;1H4. The Morgan fingerprint density at radius 3 is 2.67 bits per heavy atom. The Hall–Kier alpha value is -1.29. The molecular weight excluding hydrogens is 296 g/mol. The fraction of sp³-hybridized carbons (Fsp3) is 0.357. The van der Waals surface area contributed by atoms with E-state index in [1.165, 1.54) is 6.26 Å². The second-order valence-electron chi connectivity index (χ2n) is 3.01. The molecule has 0 fully saturated rings. The van der Waals surface area contributed by atoms with Gasteiger partial charge in [-0.2, -0.15) is 0 Å². The zero-order valence-electron chi connectivity index (χ0n) is 10.1. The van der Waals surface area contributed by atoms with Gasteiger partial charge in [0.15, 0.2) is 0 Å². The molecule has 18 heavy (non-hydrogen) atoms. The molecule has 0 unspecified atom stereocenters. The quantitative estimate of drug-likeness (QED) is 0.729. The number of benzene rings is 1. The van der Waals surface area contributed by atoms with Gasteiger partial charge in [-0.25, -0.2) is 4.79 Å². The van der Waals surface area contributed by atoms with Gasteiger partial charge in [0, 0.05) is 9.86 Å². The Morgan fingerprint density at radius 1 is 1.39 bits per heavy atom. The van der Waals surface area contributed by atoms with Crippen LogP contribution in [0, 0.1) is 0 Å². The molecule has 0 saturated carbocycles. The lowest BCUT2D eigenvalue weighted by Gasteiger charge is -1.98. The number of rotatable bonds is 2. The number of ether oxygens (including phenoxy) is 1. The first kappa shape index (κ1) is 16.7. The van der Waals surface area contributed by atoms with Crippen molar-refractivity contribution in [3.63, 3.8) is 0 Å². The fourth-order valence-corrected chi connectivity index (χ4v) is 1.71. The van der Waals surface area contributed by atoms with Gasteiger partial charge >= 0.3 is 5.97 Å². The summed E-state index contributed by atoms with van der Waals surface area (Å²) in [4.78, 5) is 11.5. The van der Waals surface area contributed by atoms with Crippen LogP contribution in [0.5, 0.6) is 0 Å². The maximum atomic E-state index is 11.5. The molecule has 0 amide bonds. The molecule has 0 spiro atoms. The third-order valence-corrected chi connectivity index (χ3v) is 2.53. The molecule has 0 radical (unpaired) electrons. The monoisotopic (exact) mass is 314 g/mol. The first-order chi connectivity index (χ1) is 8.22. The number of carbonyl (C=O) groups is 1. The van der Waals surface area contributed by atoms with Crippen LogP contribution in [0.1, 0.15) is 38.6 Å². The fourth-order valence-electron chi connectivity index (χ4n) is 1.37. The zero-order chi connectivity index (χ0) is 12.8. The molecule has 0 atom stereocenters. The Morgan fingerprint density at radius 2 is 2.06 bits per heavy atom. The predicted octanol–water partition coefficient (Wildman–Crippen LogP) is 5.03. The maximum Gasteiger partial charge on any atom is 0.342 e. The highest BCUT2D eigenvalue weighted by Crippen LogP contribution is 2.25. The molecular formula is C14H19BrO3. The lowest BCUT2D eigenvalue weighted by atomic mass is 10.2. The van der Waals surface area contributed by atoms with Crippen LogP contribution >= 0.6 is 15.9 Å². The molecule has 0 N–H and O–H groups in total. The maximum absolute atomic E-state index is 11.5. The van der Waals surface area contributed by atoms with Crippen LogP contribution in [0.3, 0.4) is 0 Å². The van der Waals surface area contributed by atoms with Gasteiger partial charge in [0.25, 0.3) is 0 Å². The van der Waals surface area contributed by atoms with E-state index in [9.17, 15) is 4.79 Å². The minimum absolute atomic E-state index is 0. The van der Waals surface area contributed by atoms with E-state index in [4.69, 9.17) is 9.15 Å². The van der Waals surface area contributed by atoms with Crippen LogP contribution in [-0.2, 0) is 4.74 Å². The summed E-state index contributed by atoms with van der Waals surface area (Å²) in [7, 11) is 0. The van der Waals surface area contributed by atoms with Gasteiger partial charge in [0.2, 0.25) is 0 Å². The van der Waals surface area contributed by atoms with Crippen molar-refractivity contribution >= 4 is 32.9 Å². The van der Waals surface area contributed by atoms with Crippen molar-refractivity contribution in [2.24, 2.45) is 0 Å². The average molecular weight is 315 g/mol. The number of hydrogen-bond acceptors (Lipinski definition) is 3. The van der Waals surface area contributed by atoms with Gasteiger partial charge < -0.3 is 9.15 Å². The Balaban J connectivity index is 0.000000917. The van der Waals surface area contributed by atoms with E-state index in [0.29, 0.717) is 17.8 Å². The van der Waals surface area contributed by atoms with Crippen molar-refractivity contribution in [3.05, 3.63) is 34.5 Å². The van der Waals surface area contributed by atoms with E-state index in [0.717, 1.165) is 9.86 Å². The number of esters is 1. The SMILES string of the molecule is C.CC.CCOC(=O)c1coc2cc(Br)ccc12. The second kappa shape index (κ2) is 7.93. The molecule has 100 valence electrons. The summed E-state index contributed by atoms with van der Waals surface area (Å²) in [6.45, 7) is 6.14. The van der Waals surface area contributed by atoms with Crippen molar-refractivity contribution in [2.45, 2.75) is 28.2 Å². The van der Waals surface area contributed by atoms with Crippen LogP contribution in [-0.4, -0.2) is 12.6 Å². The molecule has 2 rings (SSSR count). The predicted molar refractivity (Wildman–Crippen MR) is 77.9 cm³/mol. The topological polar surface area (TPSA) is 39.4 Å². The summed E-state index contributed by atoms with van der Waals surface area (Å²) in [6, 6.07) is 5.51. The van der Waals surface area contributed by atoms with E-state index >= 15 is 0 Å². The number of furan rings is 1. The average Bonchev–Trinajstić information content (AvgIpc) is 2.74. The molecule has 0 aliphatic rings. The molecule has 4 heteroatoms. The first-order valence-corrected chi connectivity index (χ1v) is 6.35. The van der Waals surface area contributed by atoms with Gasteiger partial charge in [0.1, 0.15) is 17.4 Å². The van der Waals surface area contributed by atoms with Crippen LogP contribution in [0.4, 0.5) is 0 Å². The second-order valence-corrected chi connectivity index (χ2v) is 3.93. The van der Waals surface area contributed by atoms with Crippen molar-refractivity contribution in [3.8, 4) is 0 Å². The Kier molecular flexibility index (Phi) is 7.36. The lowest BCUT2D eigenvalue weighted by Crippen LogP contribution is -2.03. The molecule has 1 aromatic carbocycles. The third kappa shape index (κ3) is 3.60. The summed E-state index contributed by atoms with van der Waals surface area (Å²) in [5.74, 6) is -0.349. The Labute approximate surface area is 116 Å². The van der Waals surface area contributed by atoms with E-state index in [1.54, 1.807) is 6.92 Å². The Bertz CT molecular complexity index is 503. The third-order valence-electron chi connectivity index (χ3n) is 2.03. The molecule has 1 heterocycles. The molecule has 3 nitrogen and oxygen atoms in total. The highest BCUT2D eigenvalue weighted by atomic mass is 79.9. The minimum atomic E-state index is -0.349. The molecule has 0 bridgehead atoms. The van der Waals surface area contributed by atoms with Crippen molar-refractivity contribution < 1.29 is 13.9 Å². The summed E-state index contributed by atoms with van der Waals surface area (Å²) in [5, 5.41) is 0.775. The number of halogens is 1. The molecule has 2 aromatic rings. The lowest BCUT2D eigenvalue weighted by molar-refractivity contribution is 0.0527. The first-order valence-electron chi connectivity index (χ1n) is 5.56. The molecule has 0 aliphatic carbocycles. The van der Waals surface area contributed by atoms with Crippen LogP contribution in [0.2, 0.25) is 0 Å². The minimum Gasteiger partial charge on any atom is -0.463 e. The molecule has 1 aromatic heterocycles. The largest absolute Gasteiger partial charge is 0.463 e. The van der Waals surface area contributed by atoms with Crippen LogP contribution in [0.15, 0.2) is 33.4 Å².